The summed E-state index contributed by atoms with van der Waals surface area (Å²) in [6, 6.07) is 3.12. The molecule has 5 N–H and O–H groups in total. The lowest BCUT2D eigenvalue weighted by Gasteiger charge is -2.12. The third-order valence-corrected chi connectivity index (χ3v) is 5.82. The number of nitrogens with two attached hydrogens (primary N) is 1. The van der Waals surface area contributed by atoms with Crippen molar-refractivity contribution in [1.82, 2.24) is 0 Å². The van der Waals surface area contributed by atoms with Crippen molar-refractivity contribution in [2.75, 3.05) is 5.73 Å². The summed E-state index contributed by atoms with van der Waals surface area (Å²) in [6.45, 7) is 0. The molecule has 2 aromatic rings. The minimum absolute atomic E-state index is 0.264. The summed E-state index contributed by atoms with van der Waals surface area (Å²) in [5.74, 6) is 0. The van der Waals surface area contributed by atoms with Gasteiger partial charge in [-0.3, -0.25) is 13.7 Å². The summed E-state index contributed by atoms with van der Waals surface area (Å²) in [6.07, 6.45) is 0. The van der Waals surface area contributed by atoms with E-state index in [0.29, 0.717) is 6.07 Å². The normalized spacial score (nSPS) is 13.3. The van der Waals surface area contributed by atoms with E-state index in [9.17, 15) is 29.8 Å². The van der Waals surface area contributed by atoms with Gasteiger partial charge in [0.25, 0.3) is 30.4 Å². The van der Waals surface area contributed by atoms with Gasteiger partial charge in [0.2, 0.25) is 0 Å². The molecule has 0 spiro atoms. The van der Waals surface area contributed by atoms with Crippen LogP contribution in [0, 0.1) is 0 Å². The number of anilines is 1. The lowest BCUT2D eigenvalue weighted by molar-refractivity contribution is 0.467. The van der Waals surface area contributed by atoms with Crippen LogP contribution in [0.4, 0.5) is 5.69 Å². The average molecular weight is 383 g/mol. The molecule has 0 saturated carbocycles. The van der Waals surface area contributed by atoms with Crippen molar-refractivity contribution in [2.45, 2.75) is 14.7 Å². The molecule has 2 rings (SSSR count). The maximum Gasteiger partial charge on any atom is 0.296 e. The van der Waals surface area contributed by atoms with Gasteiger partial charge in [-0.2, -0.15) is 25.3 Å². The Morgan fingerprint density at radius 3 is 1.52 bits per heavy atom. The monoisotopic (exact) mass is 383 g/mol. The molecule has 0 aliphatic carbocycles. The summed E-state index contributed by atoms with van der Waals surface area (Å²) < 4.78 is 95.2. The predicted octanol–water partition coefficient (Wildman–Crippen LogP) is 0.162. The lowest BCUT2D eigenvalue weighted by Crippen LogP contribution is -2.10. The highest BCUT2D eigenvalue weighted by Crippen LogP contribution is 2.35. The van der Waals surface area contributed by atoms with E-state index in [0.717, 1.165) is 18.2 Å². The van der Waals surface area contributed by atoms with Crippen LogP contribution >= 0.6 is 0 Å². The predicted molar refractivity (Wildman–Crippen MR) is 77.8 cm³/mol. The number of benzene rings is 2. The van der Waals surface area contributed by atoms with Gasteiger partial charge in [0.15, 0.2) is 0 Å². The van der Waals surface area contributed by atoms with Gasteiger partial charge in [-0.05, 0) is 12.1 Å². The van der Waals surface area contributed by atoms with Crippen LogP contribution in [-0.2, 0) is 30.4 Å². The fourth-order valence-electron chi connectivity index (χ4n) is 2.06. The van der Waals surface area contributed by atoms with Gasteiger partial charge < -0.3 is 5.73 Å². The molecule has 0 fully saturated rings. The quantitative estimate of drug-likeness (QED) is 0.419. The molecule has 0 unspecified atom stereocenters. The van der Waals surface area contributed by atoms with Gasteiger partial charge in [0.05, 0.1) is 5.69 Å². The molecule has 0 bridgehead atoms. The molecule has 0 aliphatic heterocycles. The second-order valence-corrected chi connectivity index (χ2v) is 8.53. The fraction of sp³-hybridized carbons (Fsp3) is 0. The van der Waals surface area contributed by atoms with E-state index in [1.807, 2.05) is 0 Å². The molecule has 0 aliphatic rings. The summed E-state index contributed by atoms with van der Waals surface area (Å²) in [5.41, 5.74) is 4.99. The third kappa shape index (κ3) is 3.15. The maximum absolute atomic E-state index is 11.5. The Balaban J connectivity index is 3.13. The van der Waals surface area contributed by atoms with Gasteiger partial charge in [-0.25, -0.2) is 0 Å². The Bertz CT molecular complexity index is 1130. The zero-order valence-electron chi connectivity index (χ0n) is 10.9. The van der Waals surface area contributed by atoms with Crippen LogP contribution < -0.4 is 5.73 Å². The number of hydrogen-bond donors (Lipinski definition) is 4. The van der Waals surface area contributed by atoms with Crippen molar-refractivity contribution in [3.8, 4) is 0 Å². The summed E-state index contributed by atoms with van der Waals surface area (Å²) in [7, 11) is -14.8. The molecule has 13 heteroatoms. The Labute approximate surface area is 130 Å². The van der Waals surface area contributed by atoms with Gasteiger partial charge in [-0.1, -0.05) is 12.1 Å². The number of fused-ring (bicyclic) bond motifs is 1. The molecule has 0 amide bonds. The van der Waals surface area contributed by atoms with Gasteiger partial charge >= 0.3 is 0 Å². The van der Waals surface area contributed by atoms with Crippen LogP contribution in [0.25, 0.3) is 10.8 Å². The molecule has 23 heavy (non-hydrogen) atoms. The van der Waals surface area contributed by atoms with E-state index in [-0.39, 0.29) is 5.39 Å². The second-order valence-electron chi connectivity index (χ2n) is 4.39. The van der Waals surface area contributed by atoms with Crippen LogP contribution in [0.5, 0.6) is 0 Å². The molecule has 10 nitrogen and oxygen atoms in total. The van der Waals surface area contributed by atoms with Crippen molar-refractivity contribution in [2.24, 2.45) is 0 Å². The molecule has 0 aromatic heterocycles. The minimum Gasteiger partial charge on any atom is -0.397 e. The Hall–Kier alpha value is -1.77. The first-order valence-corrected chi connectivity index (χ1v) is 9.84. The standard InChI is InChI=1S/C10H9NO9S3/c11-9-5-1-4-8(22(15,16)17)10(23(18,19)20)6(5)2-3-7(9)21(12,13)14/h1-4H,11H2,(H,12,13,14)(H,15,16,17)(H,18,19,20). The van der Waals surface area contributed by atoms with E-state index >= 15 is 0 Å². The average Bonchev–Trinajstić information content (AvgIpc) is 2.33. The van der Waals surface area contributed by atoms with Crippen LogP contribution in [0.2, 0.25) is 0 Å². The van der Waals surface area contributed by atoms with Gasteiger partial charge in [-0.15, -0.1) is 0 Å². The van der Waals surface area contributed by atoms with Crippen LogP contribution in [0.3, 0.4) is 0 Å². The highest BCUT2D eigenvalue weighted by molar-refractivity contribution is 7.89. The molecule has 0 atom stereocenters. The second kappa shape index (κ2) is 5.12. The first-order chi connectivity index (χ1) is 10.2. The Morgan fingerprint density at radius 1 is 0.652 bits per heavy atom. The van der Waals surface area contributed by atoms with Crippen molar-refractivity contribution in [3.63, 3.8) is 0 Å². The van der Waals surface area contributed by atoms with E-state index < -0.39 is 56.1 Å². The van der Waals surface area contributed by atoms with Crippen LogP contribution in [-0.4, -0.2) is 38.9 Å². The van der Waals surface area contributed by atoms with Crippen molar-refractivity contribution in [3.05, 3.63) is 24.3 Å². The first kappa shape index (κ1) is 17.6. The number of hydrogen-bond acceptors (Lipinski definition) is 7. The largest absolute Gasteiger partial charge is 0.397 e. The smallest absolute Gasteiger partial charge is 0.296 e. The SMILES string of the molecule is Nc1c(S(=O)(=O)O)ccc2c(S(=O)(=O)O)c(S(=O)(=O)O)ccc12. The van der Waals surface area contributed by atoms with Crippen molar-refractivity contribution < 1.29 is 38.9 Å². The molecule has 0 heterocycles. The third-order valence-electron chi connectivity index (χ3n) is 2.93. The minimum atomic E-state index is -5.11. The first-order valence-electron chi connectivity index (χ1n) is 5.52. The number of rotatable bonds is 3. The van der Waals surface area contributed by atoms with E-state index in [1.54, 1.807) is 0 Å². The van der Waals surface area contributed by atoms with E-state index in [2.05, 4.69) is 0 Å². The fourth-order valence-corrected chi connectivity index (χ4v) is 4.68. The molecule has 126 valence electrons. The maximum atomic E-state index is 11.5. The molecule has 0 saturated heterocycles. The van der Waals surface area contributed by atoms with Crippen LogP contribution in [0.15, 0.2) is 39.0 Å². The zero-order chi connectivity index (χ0) is 17.8. The Morgan fingerprint density at radius 2 is 1.09 bits per heavy atom. The summed E-state index contributed by atoms with van der Waals surface area (Å²) in [4.78, 5) is -3.00. The summed E-state index contributed by atoms with van der Waals surface area (Å²) in [5, 5.41) is -0.715. The van der Waals surface area contributed by atoms with E-state index in [1.165, 1.54) is 0 Å². The lowest BCUT2D eigenvalue weighted by atomic mass is 10.1. The topological polar surface area (TPSA) is 189 Å². The molecule has 0 radical (unpaired) electrons. The van der Waals surface area contributed by atoms with Crippen molar-refractivity contribution in [1.29, 1.82) is 0 Å². The zero-order valence-corrected chi connectivity index (χ0v) is 13.4. The highest BCUT2D eigenvalue weighted by atomic mass is 32.2. The van der Waals surface area contributed by atoms with Gasteiger partial charge in [0, 0.05) is 10.8 Å². The van der Waals surface area contributed by atoms with E-state index in [4.69, 9.17) is 14.8 Å². The number of nitrogen functional groups attached to an aromatic ring is 1. The molecular formula is C10H9NO9S3. The highest BCUT2D eigenvalue weighted by Gasteiger charge is 2.28. The summed E-state index contributed by atoms with van der Waals surface area (Å²) >= 11 is 0. The molecular weight excluding hydrogens is 374 g/mol. The van der Waals surface area contributed by atoms with Crippen molar-refractivity contribution >= 4 is 46.8 Å². The molecule has 2 aromatic carbocycles. The Kier molecular flexibility index (Phi) is 3.91. The van der Waals surface area contributed by atoms with Crippen LogP contribution in [0.1, 0.15) is 0 Å². The van der Waals surface area contributed by atoms with Gasteiger partial charge in [0.1, 0.15) is 14.7 Å².